The Hall–Kier alpha value is -6.44. The van der Waals surface area contributed by atoms with Crippen molar-refractivity contribution in [1.29, 1.82) is 0 Å². The van der Waals surface area contributed by atoms with E-state index in [1.807, 2.05) is 0 Å². The van der Waals surface area contributed by atoms with Gasteiger partial charge in [-0.25, -0.2) is 0 Å². The molecule has 0 saturated carbocycles. The van der Waals surface area contributed by atoms with Gasteiger partial charge in [-0.05, 0) is 67.8 Å². The molecule has 0 amide bonds. The molecule has 0 atom stereocenters. The molecule has 0 N–H and O–H groups in total. The van der Waals surface area contributed by atoms with Crippen LogP contribution >= 0.6 is 0 Å². The maximum absolute atomic E-state index is 6.94. The fraction of sp³-hybridized carbons (Fsp3) is 0.0400. The van der Waals surface area contributed by atoms with Gasteiger partial charge in [-0.1, -0.05) is 194 Å². The van der Waals surface area contributed by atoms with E-state index < -0.39 is 10.8 Å². The summed E-state index contributed by atoms with van der Waals surface area (Å²) < 4.78 is 6.94. The molecule has 8 aromatic rings. The molecule has 0 unspecified atom stereocenters. The highest BCUT2D eigenvalue weighted by atomic mass is 16.5. The third-order valence-corrected chi connectivity index (χ3v) is 11.1. The lowest BCUT2D eigenvalue weighted by Gasteiger charge is -2.43. The topological polar surface area (TPSA) is 9.23 Å². The summed E-state index contributed by atoms with van der Waals surface area (Å²) in [5.74, 6) is 1.75. The Morgan fingerprint density at radius 2 is 0.608 bits per heavy atom. The molecule has 240 valence electrons. The van der Waals surface area contributed by atoms with Crippen LogP contribution in [0.3, 0.4) is 0 Å². The molecule has 8 aromatic carbocycles. The maximum Gasteiger partial charge on any atom is 0.132 e. The second-order valence-electron chi connectivity index (χ2n) is 13.5. The van der Waals surface area contributed by atoms with Gasteiger partial charge in [0.1, 0.15) is 11.5 Å². The highest BCUT2D eigenvalue weighted by molar-refractivity contribution is 5.94. The van der Waals surface area contributed by atoms with Gasteiger partial charge in [-0.15, -0.1) is 0 Å². The van der Waals surface area contributed by atoms with E-state index in [0.717, 1.165) is 28.2 Å². The third kappa shape index (κ3) is 4.09. The Morgan fingerprint density at radius 1 is 0.255 bits per heavy atom. The Labute approximate surface area is 299 Å². The van der Waals surface area contributed by atoms with Crippen LogP contribution in [0.4, 0.5) is 0 Å². The van der Waals surface area contributed by atoms with Crippen molar-refractivity contribution in [2.75, 3.05) is 0 Å². The second kappa shape index (κ2) is 11.6. The summed E-state index contributed by atoms with van der Waals surface area (Å²) in [6, 6.07) is 75.2. The summed E-state index contributed by atoms with van der Waals surface area (Å²) in [7, 11) is 0. The third-order valence-electron chi connectivity index (χ3n) is 11.1. The molecule has 0 saturated heterocycles. The Bertz CT molecular complexity index is 2460. The van der Waals surface area contributed by atoms with Crippen molar-refractivity contribution in [3.8, 4) is 33.8 Å². The molecule has 0 fully saturated rings. The van der Waals surface area contributed by atoms with Crippen molar-refractivity contribution in [3.63, 3.8) is 0 Å². The first-order chi connectivity index (χ1) is 25.3. The summed E-state index contributed by atoms with van der Waals surface area (Å²) >= 11 is 0. The standard InChI is InChI=1S/C50H34O/c1-5-19-35(20-6-1)49(36-21-7-2-8-22-36)43-31-14-13-27-39(43)40-28-17-29-41(47(40)49)42-30-18-34-46-48(42)50(37-23-9-3-10-24-37,38-25-11-4-12-26-38)44-32-15-16-33-45(44)51-46/h1-34H. The van der Waals surface area contributed by atoms with Gasteiger partial charge in [0.15, 0.2) is 0 Å². The summed E-state index contributed by atoms with van der Waals surface area (Å²) in [6.07, 6.45) is 0. The smallest absolute Gasteiger partial charge is 0.132 e. The van der Waals surface area contributed by atoms with Crippen LogP contribution in [0.15, 0.2) is 206 Å². The van der Waals surface area contributed by atoms with E-state index >= 15 is 0 Å². The molecule has 0 aromatic heterocycles. The Kier molecular flexibility index (Phi) is 6.69. The number of fused-ring (bicyclic) bond motifs is 5. The van der Waals surface area contributed by atoms with E-state index in [2.05, 4.69) is 206 Å². The summed E-state index contributed by atoms with van der Waals surface area (Å²) in [4.78, 5) is 0. The molecule has 2 aliphatic rings. The van der Waals surface area contributed by atoms with E-state index in [1.165, 1.54) is 50.1 Å². The average molecular weight is 651 g/mol. The van der Waals surface area contributed by atoms with E-state index in [4.69, 9.17) is 4.74 Å². The molecule has 1 nitrogen and oxygen atoms in total. The second-order valence-corrected chi connectivity index (χ2v) is 13.5. The number of hydrogen-bond donors (Lipinski definition) is 0. The zero-order valence-electron chi connectivity index (χ0n) is 28.0. The largest absolute Gasteiger partial charge is 0.457 e. The van der Waals surface area contributed by atoms with Crippen molar-refractivity contribution in [2.45, 2.75) is 10.8 Å². The number of rotatable bonds is 5. The normalized spacial score (nSPS) is 14.4. The average Bonchev–Trinajstić information content (AvgIpc) is 3.52. The fourth-order valence-corrected chi connectivity index (χ4v) is 9.22. The van der Waals surface area contributed by atoms with Crippen LogP contribution in [0.25, 0.3) is 22.3 Å². The highest BCUT2D eigenvalue weighted by Gasteiger charge is 2.50. The maximum atomic E-state index is 6.94. The zero-order chi connectivity index (χ0) is 33.8. The minimum absolute atomic E-state index is 0.552. The van der Waals surface area contributed by atoms with Gasteiger partial charge in [0.25, 0.3) is 0 Å². The van der Waals surface area contributed by atoms with Crippen LogP contribution in [-0.4, -0.2) is 0 Å². The predicted molar refractivity (Wildman–Crippen MR) is 208 cm³/mol. The van der Waals surface area contributed by atoms with Crippen LogP contribution < -0.4 is 4.74 Å². The summed E-state index contributed by atoms with van der Waals surface area (Å²) in [6.45, 7) is 0. The van der Waals surface area contributed by atoms with Crippen LogP contribution in [0.2, 0.25) is 0 Å². The highest BCUT2D eigenvalue weighted by Crippen LogP contribution is 2.62. The lowest BCUT2D eigenvalue weighted by atomic mass is 9.61. The zero-order valence-corrected chi connectivity index (χ0v) is 28.0. The van der Waals surface area contributed by atoms with Crippen molar-refractivity contribution >= 4 is 0 Å². The van der Waals surface area contributed by atoms with E-state index in [0.29, 0.717) is 0 Å². The van der Waals surface area contributed by atoms with Gasteiger partial charge in [0, 0.05) is 11.1 Å². The van der Waals surface area contributed by atoms with Gasteiger partial charge < -0.3 is 4.74 Å². The first-order valence-electron chi connectivity index (χ1n) is 17.7. The molecule has 0 spiro atoms. The number of hydrogen-bond acceptors (Lipinski definition) is 1. The monoisotopic (exact) mass is 650 g/mol. The minimum Gasteiger partial charge on any atom is -0.457 e. The van der Waals surface area contributed by atoms with Crippen molar-refractivity contribution in [1.82, 2.24) is 0 Å². The lowest BCUT2D eigenvalue weighted by Crippen LogP contribution is -2.35. The summed E-state index contributed by atoms with van der Waals surface area (Å²) in [5.41, 5.74) is 13.5. The SMILES string of the molecule is c1ccc(C2(c3ccccc3)c3ccccc3Oc3cccc(-c4cccc5c4C(c4ccccc4)(c4ccccc4)c4ccccc4-5)c32)cc1. The van der Waals surface area contributed by atoms with E-state index in [9.17, 15) is 0 Å². The van der Waals surface area contributed by atoms with Crippen molar-refractivity contribution < 1.29 is 4.74 Å². The molecule has 0 radical (unpaired) electrons. The molecule has 0 bridgehead atoms. The van der Waals surface area contributed by atoms with Crippen LogP contribution in [0.1, 0.15) is 44.5 Å². The van der Waals surface area contributed by atoms with Crippen LogP contribution in [0.5, 0.6) is 11.5 Å². The van der Waals surface area contributed by atoms with Gasteiger partial charge in [0.2, 0.25) is 0 Å². The molecular weight excluding hydrogens is 617 g/mol. The Balaban J connectivity index is 1.38. The predicted octanol–water partition coefficient (Wildman–Crippen LogP) is 12.2. The fourth-order valence-electron chi connectivity index (χ4n) is 9.22. The van der Waals surface area contributed by atoms with E-state index in [-0.39, 0.29) is 0 Å². The molecule has 1 aliphatic carbocycles. The van der Waals surface area contributed by atoms with Gasteiger partial charge >= 0.3 is 0 Å². The van der Waals surface area contributed by atoms with E-state index in [1.54, 1.807) is 0 Å². The summed E-state index contributed by atoms with van der Waals surface area (Å²) in [5, 5.41) is 0. The first kappa shape index (κ1) is 29.5. The van der Waals surface area contributed by atoms with Crippen molar-refractivity contribution in [2.24, 2.45) is 0 Å². The molecule has 1 heterocycles. The lowest BCUT2D eigenvalue weighted by molar-refractivity contribution is 0.435. The molecular formula is C50H34O. The van der Waals surface area contributed by atoms with Gasteiger partial charge in [-0.3, -0.25) is 0 Å². The van der Waals surface area contributed by atoms with Crippen LogP contribution in [0, 0.1) is 0 Å². The first-order valence-corrected chi connectivity index (χ1v) is 17.7. The van der Waals surface area contributed by atoms with Gasteiger partial charge in [0.05, 0.1) is 10.8 Å². The minimum atomic E-state index is -0.653. The number of para-hydroxylation sites is 1. The molecule has 51 heavy (non-hydrogen) atoms. The molecule has 1 aliphatic heterocycles. The number of ether oxygens (including phenoxy) is 1. The number of benzene rings is 8. The molecule has 10 rings (SSSR count). The van der Waals surface area contributed by atoms with Crippen molar-refractivity contribution in [3.05, 3.63) is 251 Å². The molecule has 1 heteroatoms. The van der Waals surface area contributed by atoms with Crippen LogP contribution in [-0.2, 0) is 10.8 Å². The quantitative estimate of drug-likeness (QED) is 0.180. The van der Waals surface area contributed by atoms with Gasteiger partial charge in [-0.2, -0.15) is 0 Å². The Morgan fingerprint density at radius 3 is 1.16 bits per heavy atom.